The number of unbranched alkanes of at least 4 members (excludes halogenated alkanes) is 3. The number of aromatic nitrogens is 2. The van der Waals surface area contributed by atoms with Gasteiger partial charge in [0.2, 0.25) is 5.91 Å². The summed E-state index contributed by atoms with van der Waals surface area (Å²) in [6.07, 6.45) is 5.19. The fourth-order valence-electron chi connectivity index (χ4n) is 3.99. The van der Waals surface area contributed by atoms with Crippen molar-refractivity contribution in [3.8, 4) is 0 Å². The molecule has 0 saturated carbocycles. The highest BCUT2D eigenvalue weighted by atomic mass is 16.2. The first-order valence-corrected chi connectivity index (χ1v) is 10.5. The van der Waals surface area contributed by atoms with Crippen LogP contribution in [0.3, 0.4) is 0 Å². The molecular weight excluding hydrogens is 352 g/mol. The van der Waals surface area contributed by atoms with Gasteiger partial charge in [0.15, 0.2) is 0 Å². The van der Waals surface area contributed by atoms with E-state index in [9.17, 15) is 9.59 Å². The predicted molar refractivity (Wildman–Crippen MR) is 112 cm³/mol. The highest BCUT2D eigenvalue weighted by Gasteiger charge is 2.26. The molecule has 0 radical (unpaired) electrons. The third kappa shape index (κ3) is 4.43. The van der Waals surface area contributed by atoms with E-state index in [-0.39, 0.29) is 17.5 Å². The predicted octanol–water partition coefficient (Wildman–Crippen LogP) is 3.11. The largest absolute Gasteiger partial charge is 0.340 e. The molecule has 1 fully saturated rings. The lowest BCUT2D eigenvalue weighted by atomic mass is 10.1. The van der Waals surface area contributed by atoms with E-state index in [4.69, 9.17) is 4.98 Å². The number of nitrogens with zero attached hydrogens (tertiary/aromatic N) is 4. The fraction of sp³-hybridized carbons (Fsp3) is 0.591. The molecule has 1 aromatic carbocycles. The molecule has 1 unspecified atom stereocenters. The molecule has 1 saturated heterocycles. The van der Waals surface area contributed by atoms with Crippen molar-refractivity contribution in [2.45, 2.75) is 52.0 Å². The fourth-order valence-corrected chi connectivity index (χ4v) is 3.99. The Kier molecular flexibility index (Phi) is 6.83. The average molecular weight is 385 g/mol. The molecule has 3 rings (SSSR count). The van der Waals surface area contributed by atoms with Crippen LogP contribution in [0, 0.1) is 0 Å². The highest BCUT2D eigenvalue weighted by Crippen LogP contribution is 2.21. The Balaban J connectivity index is 1.63. The second kappa shape index (κ2) is 9.32. The number of hydrogen-bond donors (Lipinski definition) is 0. The van der Waals surface area contributed by atoms with Gasteiger partial charge in [0.1, 0.15) is 5.82 Å². The Hall–Kier alpha value is -2.21. The van der Waals surface area contributed by atoms with Crippen molar-refractivity contribution in [1.82, 2.24) is 19.4 Å². The van der Waals surface area contributed by atoms with Crippen LogP contribution >= 0.6 is 0 Å². The number of carbonyl (C=O) groups excluding carboxylic acids is 1. The summed E-state index contributed by atoms with van der Waals surface area (Å²) in [7, 11) is 1.80. The van der Waals surface area contributed by atoms with Gasteiger partial charge in [0, 0.05) is 39.6 Å². The van der Waals surface area contributed by atoms with Crippen LogP contribution in [-0.2, 0) is 11.8 Å². The van der Waals surface area contributed by atoms with E-state index >= 15 is 0 Å². The number of hydrogen-bond acceptors (Lipinski definition) is 4. The average Bonchev–Trinajstić information content (AvgIpc) is 2.73. The van der Waals surface area contributed by atoms with Crippen molar-refractivity contribution in [1.29, 1.82) is 0 Å². The number of rotatable bonds is 7. The standard InChI is InChI=1S/C22H32N4O2/c1-4-5-6-7-12-20(27)26-15-13-25(14-16-26)17(2)21-23-19-11-9-8-10-18(19)22(28)24(21)3/h8-11,17H,4-7,12-16H2,1-3H3. The number of fused-ring (bicyclic) bond motifs is 1. The van der Waals surface area contributed by atoms with Gasteiger partial charge in [0.05, 0.1) is 16.9 Å². The van der Waals surface area contributed by atoms with Gasteiger partial charge in [-0.05, 0) is 25.5 Å². The normalized spacial score (nSPS) is 16.5. The van der Waals surface area contributed by atoms with Gasteiger partial charge in [0.25, 0.3) is 5.56 Å². The van der Waals surface area contributed by atoms with E-state index in [1.807, 2.05) is 29.2 Å². The van der Waals surface area contributed by atoms with Gasteiger partial charge in [-0.15, -0.1) is 0 Å². The van der Waals surface area contributed by atoms with Gasteiger partial charge in [-0.3, -0.25) is 19.1 Å². The quantitative estimate of drug-likeness (QED) is 0.688. The molecule has 28 heavy (non-hydrogen) atoms. The lowest BCUT2D eigenvalue weighted by molar-refractivity contribution is -0.133. The molecule has 1 aromatic heterocycles. The topological polar surface area (TPSA) is 58.4 Å². The molecule has 0 spiro atoms. The Bertz CT molecular complexity index is 868. The zero-order valence-corrected chi connectivity index (χ0v) is 17.4. The Morgan fingerprint density at radius 3 is 2.54 bits per heavy atom. The Morgan fingerprint density at radius 1 is 1.11 bits per heavy atom. The van der Waals surface area contributed by atoms with E-state index in [0.29, 0.717) is 11.8 Å². The van der Waals surface area contributed by atoms with Gasteiger partial charge in [-0.25, -0.2) is 4.98 Å². The smallest absolute Gasteiger partial charge is 0.261 e. The monoisotopic (exact) mass is 384 g/mol. The summed E-state index contributed by atoms with van der Waals surface area (Å²) in [4.78, 5) is 34.1. The van der Waals surface area contributed by atoms with Crippen LogP contribution in [-0.4, -0.2) is 51.4 Å². The SMILES string of the molecule is CCCCCCC(=O)N1CCN(C(C)c2nc3ccccc3c(=O)n2C)CC1. The molecule has 6 heteroatoms. The van der Waals surface area contributed by atoms with Crippen LogP contribution in [0.25, 0.3) is 10.9 Å². The van der Waals surface area contributed by atoms with Crippen LogP contribution in [0.5, 0.6) is 0 Å². The van der Waals surface area contributed by atoms with Crippen molar-refractivity contribution in [3.63, 3.8) is 0 Å². The van der Waals surface area contributed by atoms with Crippen molar-refractivity contribution in [2.75, 3.05) is 26.2 Å². The van der Waals surface area contributed by atoms with Gasteiger partial charge in [-0.2, -0.15) is 0 Å². The molecule has 0 bridgehead atoms. The number of piperazine rings is 1. The van der Waals surface area contributed by atoms with Crippen molar-refractivity contribution >= 4 is 16.8 Å². The second-order valence-corrected chi connectivity index (χ2v) is 7.75. The minimum atomic E-state index is -0.00616. The summed E-state index contributed by atoms with van der Waals surface area (Å²) in [5.74, 6) is 1.06. The van der Waals surface area contributed by atoms with E-state index < -0.39 is 0 Å². The zero-order valence-electron chi connectivity index (χ0n) is 17.4. The summed E-state index contributed by atoms with van der Waals surface area (Å²) in [5.41, 5.74) is 0.738. The molecule has 1 atom stereocenters. The van der Waals surface area contributed by atoms with E-state index in [1.165, 1.54) is 12.8 Å². The van der Waals surface area contributed by atoms with Crippen LogP contribution in [0.4, 0.5) is 0 Å². The molecule has 0 aliphatic carbocycles. The lowest BCUT2D eigenvalue weighted by Gasteiger charge is -2.38. The summed E-state index contributed by atoms with van der Waals surface area (Å²) in [5, 5.41) is 0.652. The minimum absolute atomic E-state index is 0.00616. The first kappa shape index (κ1) is 20.5. The number of amides is 1. The summed E-state index contributed by atoms with van der Waals surface area (Å²) in [6, 6.07) is 7.52. The second-order valence-electron chi connectivity index (χ2n) is 7.75. The molecule has 6 nitrogen and oxygen atoms in total. The van der Waals surface area contributed by atoms with Crippen molar-refractivity contribution < 1.29 is 4.79 Å². The first-order chi connectivity index (χ1) is 13.5. The molecule has 1 amide bonds. The Labute approximate surface area is 167 Å². The number of para-hydroxylation sites is 1. The van der Waals surface area contributed by atoms with Crippen LogP contribution in [0.2, 0.25) is 0 Å². The molecule has 2 aromatic rings. The molecule has 1 aliphatic rings. The van der Waals surface area contributed by atoms with Crippen molar-refractivity contribution in [2.24, 2.45) is 7.05 Å². The third-order valence-electron chi connectivity index (χ3n) is 5.85. The van der Waals surface area contributed by atoms with Crippen LogP contribution in [0.15, 0.2) is 29.1 Å². The molecule has 2 heterocycles. The minimum Gasteiger partial charge on any atom is -0.340 e. The molecule has 152 valence electrons. The third-order valence-corrected chi connectivity index (χ3v) is 5.85. The molecular formula is C22H32N4O2. The van der Waals surface area contributed by atoms with Gasteiger partial charge >= 0.3 is 0 Å². The highest BCUT2D eigenvalue weighted by molar-refractivity contribution is 5.77. The summed E-state index contributed by atoms with van der Waals surface area (Å²) >= 11 is 0. The maximum atomic E-state index is 12.7. The van der Waals surface area contributed by atoms with Crippen LogP contribution < -0.4 is 5.56 Å². The summed E-state index contributed by atoms with van der Waals surface area (Å²) < 4.78 is 1.66. The van der Waals surface area contributed by atoms with E-state index in [0.717, 1.165) is 50.4 Å². The molecule has 0 N–H and O–H groups in total. The van der Waals surface area contributed by atoms with E-state index in [1.54, 1.807) is 11.6 Å². The number of benzene rings is 1. The Morgan fingerprint density at radius 2 is 1.82 bits per heavy atom. The van der Waals surface area contributed by atoms with Gasteiger partial charge < -0.3 is 4.90 Å². The van der Waals surface area contributed by atoms with E-state index in [2.05, 4.69) is 18.7 Å². The zero-order chi connectivity index (χ0) is 20.1. The maximum absolute atomic E-state index is 12.7. The number of carbonyl (C=O) groups is 1. The molecule has 1 aliphatic heterocycles. The van der Waals surface area contributed by atoms with Gasteiger partial charge in [-0.1, -0.05) is 38.3 Å². The maximum Gasteiger partial charge on any atom is 0.261 e. The van der Waals surface area contributed by atoms with Crippen LogP contribution in [0.1, 0.15) is 57.8 Å². The first-order valence-electron chi connectivity index (χ1n) is 10.5. The summed E-state index contributed by atoms with van der Waals surface area (Å²) in [6.45, 7) is 7.40. The van der Waals surface area contributed by atoms with Crippen molar-refractivity contribution in [3.05, 3.63) is 40.4 Å². The lowest BCUT2D eigenvalue weighted by Crippen LogP contribution is -2.49.